The fraction of sp³-hybridized carbons (Fsp3) is 0.923. The average molecular weight is 243 g/mol. The number of rotatable bonds is 9. The molecule has 0 saturated carbocycles. The summed E-state index contributed by atoms with van der Waals surface area (Å²) in [4.78, 5) is 14.0. The lowest BCUT2D eigenvalue weighted by Gasteiger charge is -2.21. The van der Waals surface area contributed by atoms with E-state index in [1.165, 1.54) is 0 Å². The Hall–Kier alpha value is -0.610. The Labute approximate surface area is 106 Å². The molecule has 0 aliphatic carbocycles. The lowest BCUT2D eigenvalue weighted by atomic mass is 10.0. The summed E-state index contributed by atoms with van der Waals surface area (Å²) in [6.45, 7) is 8.63. The minimum Gasteiger partial charge on any atom is -0.356 e. The molecule has 4 nitrogen and oxygen atoms in total. The minimum atomic E-state index is -0.0113. The molecule has 0 aromatic heterocycles. The third-order valence-electron chi connectivity index (χ3n) is 3.16. The van der Waals surface area contributed by atoms with Gasteiger partial charge in [-0.2, -0.15) is 0 Å². The van der Waals surface area contributed by atoms with E-state index in [1.807, 2.05) is 0 Å². The fourth-order valence-electron chi connectivity index (χ4n) is 1.65. The van der Waals surface area contributed by atoms with Crippen LogP contribution < -0.4 is 11.1 Å². The second kappa shape index (κ2) is 9.42. The largest absolute Gasteiger partial charge is 0.356 e. The third kappa shape index (κ3) is 7.34. The predicted molar refractivity (Wildman–Crippen MR) is 72.8 cm³/mol. The summed E-state index contributed by atoms with van der Waals surface area (Å²) in [5.41, 5.74) is 5.58. The second-order valence-corrected chi connectivity index (χ2v) is 4.94. The van der Waals surface area contributed by atoms with E-state index in [0.717, 1.165) is 32.4 Å². The SMILES string of the molecule is CCCC(CN)C(=O)NCCCN(C)C(C)C. The molecule has 17 heavy (non-hydrogen) atoms. The monoisotopic (exact) mass is 243 g/mol. The van der Waals surface area contributed by atoms with E-state index in [4.69, 9.17) is 5.73 Å². The summed E-state index contributed by atoms with van der Waals surface area (Å²) < 4.78 is 0. The Kier molecular flexibility index (Phi) is 9.09. The fourth-order valence-corrected chi connectivity index (χ4v) is 1.65. The number of nitrogens with zero attached hydrogens (tertiary/aromatic N) is 1. The highest BCUT2D eigenvalue weighted by Gasteiger charge is 2.14. The zero-order valence-electron chi connectivity index (χ0n) is 11.8. The van der Waals surface area contributed by atoms with Crippen molar-refractivity contribution in [2.45, 2.75) is 46.1 Å². The maximum Gasteiger partial charge on any atom is 0.224 e. The van der Waals surface area contributed by atoms with Crippen LogP contribution in [0, 0.1) is 5.92 Å². The van der Waals surface area contributed by atoms with Crippen LogP contribution in [0.25, 0.3) is 0 Å². The Morgan fingerprint density at radius 1 is 1.41 bits per heavy atom. The number of hydrogen-bond acceptors (Lipinski definition) is 3. The first-order valence-corrected chi connectivity index (χ1v) is 6.70. The molecule has 0 bridgehead atoms. The number of nitrogens with one attached hydrogen (secondary N) is 1. The van der Waals surface area contributed by atoms with Crippen molar-refractivity contribution in [2.24, 2.45) is 11.7 Å². The molecule has 0 rings (SSSR count). The summed E-state index contributed by atoms with van der Waals surface area (Å²) in [6.07, 6.45) is 2.88. The molecule has 102 valence electrons. The average Bonchev–Trinajstić information content (AvgIpc) is 2.30. The number of carbonyl (C=O) groups is 1. The van der Waals surface area contributed by atoms with Crippen LogP contribution in [-0.2, 0) is 4.79 Å². The summed E-state index contributed by atoms with van der Waals surface area (Å²) >= 11 is 0. The summed E-state index contributed by atoms with van der Waals surface area (Å²) in [5, 5.41) is 2.97. The van der Waals surface area contributed by atoms with Gasteiger partial charge in [0.25, 0.3) is 0 Å². The molecule has 1 unspecified atom stereocenters. The van der Waals surface area contributed by atoms with Crippen molar-refractivity contribution in [1.82, 2.24) is 10.2 Å². The summed E-state index contributed by atoms with van der Waals surface area (Å²) in [5.74, 6) is 0.101. The van der Waals surface area contributed by atoms with Crippen molar-refractivity contribution in [3.8, 4) is 0 Å². The lowest BCUT2D eigenvalue weighted by Crippen LogP contribution is -2.37. The zero-order chi connectivity index (χ0) is 13.3. The van der Waals surface area contributed by atoms with Gasteiger partial charge in [0.1, 0.15) is 0 Å². The normalized spacial score (nSPS) is 13.1. The van der Waals surface area contributed by atoms with Gasteiger partial charge in [-0.25, -0.2) is 0 Å². The Morgan fingerprint density at radius 3 is 2.53 bits per heavy atom. The molecule has 0 aromatic carbocycles. The molecular weight excluding hydrogens is 214 g/mol. The molecular formula is C13H29N3O. The molecule has 0 heterocycles. The number of hydrogen-bond donors (Lipinski definition) is 2. The molecule has 4 heteroatoms. The van der Waals surface area contributed by atoms with Crippen LogP contribution in [0.5, 0.6) is 0 Å². The van der Waals surface area contributed by atoms with Crippen LogP contribution in [0.2, 0.25) is 0 Å². The molecule has 0 fully saturated rings. The molecule has 0 aliphatic rings. The van der Waals surface area contributed by atoms with E-state index in [9.17, 15) is 4.79 Å². The van der Waals surface area contributed by atoms with Gasteiger partial charge in [-0.1, -0.05) is 13.3 Å². The van der Waals surface area contributed by atoms with E-state index in [0.29, 0.717) is 12.6 Å². The van der Waals surface area contributed by atoms with Crippen molar-refractivity contribution in [3.63, 3.8) is 0 Å². The van der Waals surface area contributed by atoms with Crippen LogP contribution in [-0.4, -0.2) is 43.5 Å². The Morgan fingerprint density at radius 2 is 2.06 bits per heavy atom. The van der Waals surface area contributed by atoms with Gasteiger partial charge in [0, 0.05) is 19.1 Å². The van der Waals surface area contributed by atoms with E-state index in [-0.39, 0.29) is 11.8 Å². The highest BCUT2D eigenvalue weighted by Crippen LogP contribution is 2.04. The van der Waals surface area contributed by atoms with Crippen LogP contribution >= 0.6 is 0 Å². The van der Waals surface area contributed by atoms with E-state index < -0.39 is 0 Å². The predicted octanol–water partition coefficient (Wildman–Crippen LogP) is 1.21. The molecule has 3 N–H and O–H groups in total. The van der Waals surface area contributed by atoms with Crippen molar-refractivity contribution in [1.29, 1.82) is 0 Å². The first-order valence-electron chi connectivity index (χ1n) is 6.70. The molecule has 0 saturated heterocycles. The molecule has 1 amide bonds. The Balaban J connectivity index is 3.70. The second-order valence-electron chi connectivity index (χ2n) is 4.94. The van der Waals surface area contributed by atoms with Gasteiger partial charge in [-0.15, -0.1) is 0 Å². The molecule has 0 spiro atoms. The van der Waals surface area contributed by atoms with Gasteiger partial charge in [0.05, 0.1) is 5.92 Å². The minimum absolute atomic E-state index is 0.0113. The number of amides is 1. The number of nitrogens with two attached hydrogens (primary N) is 1. The summed E-state index contributed by atoms with van der Waals surface area (Å²) in [7, 11) is 2.10. The zero-order valence-corrected chi connectivity index (χ0v) is 11.8. The van der Waals surface area contributed by atoms with E-state index in [2.05, 4.69) is 38.0 Å². The van der Waals surface area contributed by atoms with E-state index >= 15 is 0 Å². The summed E-state index contributed by atoms with van der Waals surface area (Å²) in [6, 6.07) is 0.558. The first-order chi connectivity index (χ1) is 8.02. The molecule has 0 radical (unpaired) electrons. The van der Waals surface area contributed by atoms with Crippen molar-refractivity contribution in [3.05, 3.63) is 0 Å². The van der Waals surface area contributed by atoms with Crippen LogP contribution in [0.4, 0.5) is 0 Å². The van der Waals surface area contributed by atoms with Gasteiger partial charge >= 0.3 is 0 Å². The Bertz CT molecular complexity index is 207. The highest BCUT2D eigenvalue weighted by molar-refractivity contribution is 5.78. The van der Waals surface area contributed by atoms with Crippen molar-refractivity contribution in [2.75, 3.05) is 26.7 Å². The first kappa shape index (κ1) is 16.4. The standard InChI is InChI=1S/C13H29N3O/c1-5-7-12(10-14)13(17)15-8-6-9-16(4)11(2)3/h11-12H,5-10,14H2,1-4H3,(H,15,17). The van der Waals surface area contributed by atoms with Crippen LogP contribution in [0.1, 0.15) is 40.0 Å². The smallest absolute Gasteiger partial charge is 0.224 e. The topological polar surface area (TPSA) is 58.4 Å². The van der Waals surface area contributed by atoms with Gasteiger partial charge < -0.3 is 16.0 Å². The van der Waals surface area contributed by atoms with Crippen molar-refractivity contribution >= 4 is 5.91 Å². The van der Waals surface area contributed by atoms with Gasteiger partial charge in [0.15, 0.2) is 0 Å². The van der Waals surface area contributed by atoms with Crippen LogP contribution in [0.15, 0.2) is 0 Å². The third-order valence-corrected chi connectivity index (χ3v) is 3.16. The highest BCUT2D eigenvalue weighted by atomic mass is 16.1. The van der Waals surface area contributed by atoms with Gasteiger partial charge in [-0.3, -0.25) is 4.79 Å². The van der Waals surface area contributed by atoms with Gasteiger partial charge in [0.2, 0.25) is 5.91 Å². The quantitative estimate of drug-likeness (QED) is 0.598. The van der Waals surface area contributed by atoms with Crippen LogP contribution in [0.3, 0.4) is 0 Å². The lowest BCUT2D eigenvalue weighted by molar-refractivity contribution is -0.124. The van der Waals surface area contributed by atoms with E-state index in [1.54, 1.807) is 0 Å². The van der Waals surface area contributed by atoms with Crippen molar-refractivity contribution < 1.29 is 4.79 Å². The van der Waals surface area contributed by atoms with Gasteiger partial charge in [-0.05, 0) is 40.3 Å². The molecule has 1 atom stereocenters. The molecule has 0 aliphatic heterocycles. The maximum atomic E-state index is 11.7. The maximum absolute atomic E-state index is 11.7. The number of carbonyl (C=O) groups excluding carboxylic acids is 1. The molecule has 0 aromatic rings.